The number of amides is 2. The maximum absolute atomic E-state index is 12.6. The van der Waals surface area contributed by atoms with E-state index in [1.807, 2.05) is 0 Å². The molecule has 1 aliphatic heterocycles. The highest BCUT2D eigenvalue weighted by Crippen LogP contribution is 2.22. The molecule has 27 heavy (non-hydrogen) atoms. The molecule has 146 valence electrons. The van der Waals surface area contributed by atoms with E-state index in [0.717, 1.165) is 31.8 Å². The minimum Gasteiger partial charge on any atom is -0.349 e. The number of nitrogens with zero attached hydrogens (tertiary/aromatic N) is 1. The van der Waals surface area contributed by atoms with E-state index < -0.39 is 10.0 Å². The molecule has 0 bridgehead atoms. The number of nitrogens with one attached hydrogen (secondary N) is 2. The van der Waals surface area contributed by atoms with Crippen molar-refractivity contribution in [3.05, 3.63) is 42.5 Å². The first-order valence-corrected chi connectivity index (χ1v) is 10.7. The monoisotopic (exact) mass is 391 g/mol. The van der Waals surface area contributed by atoms with Crippen LogP contribution in [-0.4, -0.2) is 49.7 Å². The summed E-state index contributed by atoms with van der Waals surface area (Å²) in [5.74, 6) is -0.479. The van der Waals surface area contributed by atoms with Crippen molar-refractivity contribution in [2.24, 2.45) is 0 Å². The zero-order chi connectivity index (χ0) is 19.4. The first kappa shape index (κ1) is 19.6. The molecule has 0 spiro atoms. The van der Waals surface area contributed by atoms with E-state index in [-0.39, 0.29) is 41.9 Å². The van der Waals surface area contributed by atoms with Gasteiger partial charge in [-0.15, -0.1) is 0 Å². The highest BCUT2D eigenvalue weighted by molar-refractivity contribution is 7.89. The average Bonchev–Trinajstić information content (AvgIpc) is 2.64. The lowest BCUT2D eigenvalue weighted by Crippen LogP contribution is -2.60. The van der Waals surface area contributed by atoms with E-state index >= 15 is 0 Å². The van der Waals surface area contributed by atoms with Gasteiger partial charge in [0.15, 0.2) is 0 Å². The second-order valence-corrected chi connectivity index (χ2v) is 9.00. The Morgan fingerprint density at radius 1 is 1.00 bits per heavy atom. The molecule has 1 saturated carbocycles. The molecule has 0 radical (unpaired) electrons. The fourth-order valence-corrected chi connectivity index (χ4v) is 4.96. The molecule has 1 aromatic rings. The van der Waals surface area contributed by atoms with Crippen LogP contribution >= 0.6 is 0 Å². The first-order chi connectivity index (χ1) is 12.9. The maximum atomic E-state index is 12.6. The fourth-order valence-electron chi connectivity index (χ4n) is 3.43. The van der Waals surface area contributed by atoms with Gasteiger partial charge in [-0.2, -0.15) is 4.31 Å². The molecule has 8 heteroatoms. The zero-order valence-electron chi connectivity index (χ0n) is 15.2. The number of carbonyl (C=O) groups is 2. The molecule has 1 heterocycles. The van der Waals surface area contributed by atoms with E-state index in [0.29, 0.717) is 5.56 Å². The SMILES string of the molecule is C=CC(=O)NC1CN(S(=O)(=O)c2ccc(C(=O)NC3CCCCC3)cc2)C1. The Morgan fingerprint density at radius 2 is 1.63 bits per heavy atom. The summed E-state index contributed by atoms with van der Waals surface area (Å²) in [7, 11) is -3.62. The van der Waals surface area contributed by atoms with Gasteiger partial charge in [-0.05, 0) is 43.2 Å². The highest BCUT2D eigenvalue weighted by atomic mass is 32.2. The summed E-state index contributed by atoms with van der Waals surface area (Å²) in [4.78, 5) is 23.7. The normalized spacial score (nSPS) is 19.1. The van der Waals surface area contributed by atoms with Crippen molar-refractivity contribution in [1.82, 2.24) is 14.9 Å². The minimum atomic E-state index is -3.62. The van der Waals surface area contributed by atoms with E-state index in [1.165, 1.54) is 22.9 Å². The van der Waals surface area contributed by atoms with Crippen molar-refractivity contribution < 1.29 is 18.0 Å². The molecule has 2 amide bonds. The molecule has 1 saturated heterocycles. The fraction of sp³-hybridized carbons (Fsp3) is 0.474. The van der Waals surface area contributed by atoms with Gasteiger partial charge in [0.25, 0.3) is 5.91 Å². The van der Waals surface area contributed by atoms with Crippen LogP contribution < -0.4 is 10.6 Å². The average molecular weight is 391 g/mol. The molecule has 2 aliphatic rings. The van der Waals surface area contributed by atoms with Crippen LogP contribution in [0.2, 0.25) is 0 Å². The second-order valence-electron chi connectivity index (χ2n) is 7.06. The summed E-state index contributed by atoms with van der Waals surface area (Å²) < 4.78 is 26.5. The summed E-state index contributed by atoms with van der Waals surface area (Å²) in [6, 6.07) is 6.01. The van der Waals surface area contributed by atoms with E-state index in [1.54, 1.807) is 12.1 Å². The quantitative estimate of drug-likeness (QED) is 0.717. The van der Waals surface area contributed by atoms with Gasteiger partial charge < -0.3 is 10.6 Å². The third kappa shape index (κ3) is 4.56. The third-order valence-electron chi connectivity index (χ3n) is 5.07. The molecule has 0 aromatic heterocycles. The molecule has 1 aliphatic carbocycles. The van der Waals surface area contributed by atoms with Gasteiger partial charge >= 0.3 is 0 Å². The Labute approximate surface area is 159 Å². The van der Waals surface area contributed by atoms with Crippen molar-refractivity contribution in [2.75, 3.05) is 13.1 Å². The number of rotatable bonds is 6. The molecule has 0 atom stereocenters. The van der Waals surface area contributed by atoms with Crippen molar-refractivity contribution in [3.8, 4) is 0 Å². The number of hydrogen-bond donors (Lipinski definition) is 2. The standard InChI is InChI=1S/C19H25N3O4S/c1-2-18(23)20-16-12-22(13-16)27(25,26)17-10-8-14(9-11-17)19(24)21-15-6-4-3-5-7-15/h2,8-11,15-16H,1,3-7,12-13H2,(H,20,23)(H,21,24). The van der Waals surface area contributed by atoms with E-state index in [2.05, 4.69) is 17.2 Å². The number of sulfonamides is 1. The molecular formula is C19H25N3O4S. The Hall–Kier alpha value is -2.19. The van der Waals surface area contributed by atoms with E-state index in [4.69, 9.17) is 0 Å². The smallest absolute Gasteiger partial charge is 0.251 e. The zero-order valence-corrected chi connectivity index (χ0v) is 16.0. The van der Waals surface area contributed by atoms with Gasteiger partial charge in [0.2, 0.25) is 15.9 Å². The summed E-state index contributed by atoms with van der Waals surface area (Å²) in [5.41, 5.74) is 0.458. The minimum absolute atomic E-state index is 0.144. The van der Waals surface area contributed by atoms with Crippen LogP contribution in [0.4, 0.5) is 0 Å². The van der Waals surface area contributed by atoms with Gasteiger partial charge in [0.05, 0.1) is 10.9 Å². The van der Waals surface area contributed by atoms with Crippen LogP contribution in [0, 0.1) is 0 Å². The van der Waals surface area contributed by atoms with Crippen molar-refractivity contribution in [1.29, 1.82) is 0 Å². The summed E-state index contributed by atoms with van der Waals surface area (Å²) in [6.45, 7) is 3.83. The lowest BCUT2D eigenvalue weighted by atomic mass is 9.95. The van der Waals surface area contributed by atoms with Crippen molar-refractivity contribution in [3.63, 3.8) is 0 Å². The van der Waals surface area contributed by atoms with Crippen LogP contribution in [0.15, 0.2) is 41.8 Å². The number of carbonyl (C=O) groups excluding carboxylic acids is 2. The summed E-state index contributed by atoms with van der Waals surface area (Å²) >= 11 is 0. The van der Waals surface area contributed by atoms with Gasteiger partial charge in [-0.3, -0.25) is 9.59 Å². The Morgan fingerprint density at radius 3 is 2.22 bits per heavy atom. The van der Waals surface area contributed by atoms with Gasteiger partial charge in [-0.25, -0.2) is 8.42 Å². The van der Waals surface area contributed by atoms with Crippen LogP contribution in [0.3, 0.4) is 0 Å². The third-order valence-corrected chi connectivity index (χ3v) is 6.92. The molecular weight excluding hydrogens is 366 g/mol. The summed E-state index contributed by atoms with van der Waals surface area (Å²) in [6.07, 6.45) is 6.63. The van der Waals surface area contributed by atoms with Crippen molar-refractivity contribution >= 4 is 21.8 Å². The Kier molecular flexibility index (Phi) is 5.96. The van der Waals surface area contributed by atoms with Gasteiger partial charge in [0, 0.05) is 24.7 Å². The summed E-state index contributed by atoms with van der Waals surface area (Å²) in [5, 5.41) is 5.69. The molecule has 2 fully saturated rings. The van der Waals surface area contributed by atoms with Crippen molar-refractivity contribution in [2.45, 2.75) is 49.1 Å². The largest absolute Gasteiger partial charge is 0.349 e. The molecule has 0 unspecified atom stereocenters. The van der Waals surface area contributed by atoms with Crippen LogP contribution in [0.25, 0.3) is 0 Å². The first-order valence-electron chi connectivity index (χ1n) is 9.24. The maximum Gasteiger partial charge on any atom is 0.251 e. The molecule has 1 aromatic carbocycles. The van der Waals surface area contributed by atoms with Gasteiger partial charge in [0.1, 0.15) is 0 Å². The Balaban J connectivity index is 1.58. The predicted octanol–water partition coefficient (Wildman–Crippen LogP) is 1.42. The molecule has 3 rings (SSSR count). The van der Waals surface area contributed by atoms with Crippen LogP contribution in [0.5, 0.6) is 0 Å². The Bertz CT molecular complexity index is 808. The second kappa shape index (κ2) is 8.22. The lowest BCUT2D eigenvalue weighted by Gasteiger charge is -2.38. The van der Waals surface area contributed by atoms with E-state index in [9.17, 15) is 18.0 Å². The molecule has 2 N–H and O–H groups in total. The lowest BCUT2D eigenvalue weighted by molar-refractivity contribution is -0.117. The van der Waals surface area contributed by atoms with Crippen LogP contribution in [0.1, 0.15) is 42.5 Å². The van der Waals surface area contributed by atoms with Crippen LogP contribution in [-0.2, 0) is 14.8 Å². The number of benzene rings is 1. The number of hydrogen-bond acceptors (Lipinski definition) is 4. The topological polar surface area (TPSA) is 95.6 Å². The highest BCUT2D eigenvalue weighted by Gasteiger charge is 2.37. The predicted molar refractivity (Wildman–Crippen MR) is 102 cm³/mol. The molecule has 7 nitrogen and oxygen atoms in total. The van der Waals surface area contributed by atoms with Gasteiger partial charge in [-0.1, -0.05) is 25.8 Å².